The molecule has 0 radical (unpaired) electrons. The summed E-state index contributed by atoms with van der Waals surface area (Å²) in [6, 6.07) is 0. The molecule has 0 aliphatic heterocycles. The average molecular weight is 1420 g/mol. The quantitative estimate of drug-likeness (QED) is 0.0169. The van der Waals surface area contributed by atoms with E-state index in [4.69, 9.17) is 37.0 Å². The molecule has 0 aromatic rings. The number of carbonyl (C=O) groups excluding carboxylic acids is 4. The van der Waals surface area contributed by atoms with E-state index in [0.29, 0.717) is 25.7 Å². The highest BCUT2D eigenvalue weighted by Gasteiger charge is 2.30. The Labute approximate surface area is 594 Å². The monoisotopic (exact) mass is 1420 g/mol. The second kappa shape index (κ2) is 71.1. The van der Waals surface area contributed by atoms with E-state index in [0.717, 1.165) is 193 Å². The van der Waals surface area contributed by atoms with Gasteiger partial charge in [-0.3, -0.25) is 37.3 Å². The summed E-state index contributed by atoms with van der Waals surface area (Å²) in [5.41, 5.74) is 0. The third-order valence-corrected chi connectivity index (χ3v) is 17.6. The highest BCUT2D eigenvalue weighted by Crippen LogP contribution is 2.45. The van der Waals surface area contributed by atoms with Crippen LogP contribution >= 0.6 is 15.6 Å². The summed E-state index contributed by atoms with van der Waals surface area (Å²) >= 11 is 0. The molecule has 0 aliphatic rings. The second-order valence-electron chi connectivity index (χ2n) is 25.2. The van der Waals surface area contributed by atoms with Crippen LogP contribution in [-0.4, -0.2) is 96.7 Å². The number of carbonyl (C=O) groups is 4. The van der Waals surface area contributed by atoms with Crippen LogP contribution in [0.25, 0.3) is 0 Å². The Balaban J connectivity index is 5.36. The summed E-state index contributed by atoms with van der Waals surface area (Å²) in [5.74, 6) is -2.22. The van der Waals surface area contributed by atoms with Crippen LogP contribution in [0, 0.1) is 0 Å². The number of rotatable bonds is 71. The Morgan fingerprint density at radius 1 is 0.296 bits per heavy atom. The van der Waals surface area contributed by atoms with Gasteiger partial charge in [0, 0.05) is 25.7 Å². The van der Waals surface area contributed by atoms with Crippen LogP contribution in [-0.2, 0) is 65.4 Å². The van der Waals surface area contributed by atoms with Gasteiger partial charge in [-0.1, -0.05) is 253 Å². The molecule has 564 valence electrons. The van der Waals surface area contributed by atoms with E-state index in [9.17, 15) is 43.2 Å². The Bertz CT molecular complexity index is 2290. The molecule has 17 nitrogen and oxygen atoms in total. The molecule has 0 aromatic heterocycles. The van der Waals surface area contributed by atoms with Crippen molar-refractivity contribution in [2.45, 2.75) is 329 Å². The maximum Gasteiger partial charge on any atom is 0.472 e. The predicted octanol–water partition coefficient (Wildman–Crippen LogP) is 21.8. The second-order valence-corrected chi connectivity index (χ2v) is 28.1. The predicted molar refractivity (Wildman–Crippen MR) is 399 cm³/mol. The minimum atomic E-state index is -4.98. The molecule has 0 aliphatic carbocycles. The molecular formula is C79H136O17P2. The van der Waals surface area contributed by atoms with Crippen LogP contribution in [0.4, 0.5) is 0 Å². The van der Waals surface area contributed by atoms with Gasteiger partial charge in [-0.05, 0) is 141 Å². The minimum Gasteiger partial charge on any atom is -0.462 e. The number of hydrogen-bond donors (Lipinski definition) is 3. The van der Waals surface area contributed by atoms with Crippen LogP contribution in [0.3, 0.4) is 0 Å². The van der Waals surface area contributed by atoms with E-state index >= 15 is 0 Å². The number of hydrogen-bond acceptors (Lipinski definition) is 15. The summed E-state index contributed by atoms with van der Waals surface area (Å²) in [6.07, 6.45) is 75.1. The highest BCUT2D eigenvalue weighted by molar-refractivity contribution is 7.47. The number of esters is 4. The normalized spacial score (nSPS) is 14.6. The molecule has 0 bridgehead atoms. The third-order valence-electron chi connectivity index (χ3n) is 15.7. The van der Waals surface area contributed by atoms with Crippen LogP contribution in [0.15, 0.2) is 109 Å². The van der Waals surface area contributed by atoms with Gasteiger partial charge >= 0.3 is 39.5 Å². The van der Waals surface area contributed by atoms with E-state index in [1.807, 2.05) is 0 Å². The topological polar surface area (TPSA) is 237 Å². The smallest absolute Gasteiger partial charge is 0.462 e. The van der Waals surface area contributed by atoms with Crippen molar-refractivity contribution in [2.75, 3.05) is 39.6 Å². The fourth-order valence-corrected chi connectivity index (χ4v) is 11.5. The SMILES string of the molecule is CC/C=C\C/C=C\C/C=C\C/C=C\CCCCCCC(=O)OCC(COP(=O)(O)OCC(O)COP(=O)(O)OCC(COC(=O)CCCCCCC/C=C\CCCCCC)OC(=O)CCCCCCC/C=C\CCCC)OC(=O)CCCCCCCCC/C=C\C/C=C\C/C=C\CC. The molecule has 0 aromatic carbocycles. The Morgan fingerprint density at radius 3 is 0.857 bits per heavy atom. The number of phosphoric acid groups is 2. The molecule has 5 unspecified atom stereocenters. The van der Waals surface area contributed by atoms with Crippen LogP contribution in [0.2, 0.25) is 0 Å². The molecule has 3 N–H and O–H groups in total. The first kappa shape index (κ1) is 93.7. The fraction of sp³-hybridized carbons (Fsp3) is 0.722. The average Bonchev–Trinajstić information content (AvgIpc) is 0.980. The molecule has 0 saturated carbocycles. The number of aliphatic hydroxyl groups is 1. The fourth-order valence-electron chi connectivity index (χ4n) is 9.91. The lowest BCUT2D eigenvalue weighted by atomic mass is 10.1. The first-order valence-corrected chi connectivity index (χ1v) is 41.1. The standard InChI is InChI=1S/C79H136O17P2/c1-5-9-13-17-21-25-29-32-34-36-38-41-45-48-52-56-60-64-77(82)90-70-75(96-79(84)66-62-58-54-50-46-42-39-37-35-33-30-26-22-18-14-10-6-2)72-94-98(87,88)92-68-73(80)67-91-97(85,86)93-71-74(95-78(83)65-61-57-53-49-43-28-24-20-16-12-8-4)69-89-76(81)63-59-55-51-47-44-40-31-27-23-19-15-11-7-3/h9-10,13-14,20-22,24-27,31-35,38,41,73-75,80H,5-8,11-12,15-19,23,28-30,36-37,39-40,42-72H2,1-4H3,(H,85,86)(H,87,88)/b13-9-,14-10-,24-20-,25-21-,26-22-,31-27-,34-32-,35-33-,41-38-. The molecule has 0 fully saturated rings. The summed E-state index contributed by atoms with van der Waals surface area (Å²) in [5, 5.41) is 10.6. The van der Waals surface area contributed by atoms with Gasteiger partial charge in [0.05, 0.1) is 26.4 Å². The van der Waals surface area contributed by atoms with Gasteiger partial charge < -0.3 is 33.8 Å². The number of unbranched alkanes of at least 4 members (excludes halogenated alkanes) is 27. The third kappa shape index (κ3) is 70.2. The molecule has 98 heavy (non-hydrogen) atoms. The van der Waals surface area contributed by atoms with Crippen molar-refractivity contribution in [3.05, 3.63) is 109 Å². The summed E-state index contributed by atoms with van der Waals surface area (Å²) in [7, 11) is -9.96. The molecule has 0 heterocycles. The van der Waals surface area contributed by atoms with Crippen molar-refractivity contribution >= 4 is 39.5 Å². The number of ether oxygens (including phenoxy) is 4. The van der Waals surface area contributed by atoms with Crippen molar-refractivity contribution in [3.63, 3.8) is 0 Å². The van der Waals surface area contributed by atoms with Crippen molar-refractivity contribution in [3.8, 4) is 0 Å². The van der Waals surface area contributed by atoms with Gasteiger partial charge in [0.15, 0.2) is 12.2 Å². The Kier molecular flexibility index (Phi) is 68.0. The van der Waals surface area contributed by atoms with Gasteiger partial charge in [0.25, 0.3) is 0 Å². The number of allylic oxidation sites excluding steroid dienone is 18. The van der Waals surface area contributed by atoms with E-state index in [1.165, 1.54) is 38.5 Å². The van der Waals surface area contributed by atoms with Gasteiger partial charge in [0.1, 0.15) is 19.3 Å². The van der Waals surface area contributed by atoms with Crippen molar-refractivity contribution < 1.29 is 80.2 Å². The zero-order chi connectivity index (χ0) is 71.8. The lowest BCUT2D eigenvalue weighted by Crippen LogP contribution is -2.30. The first-order valence-electron chi connectivity index (χ1n) is 38.1. The Hall–Kier alpha value is -4.28. The lowest BCUT2D eigenvalue weighted by Gasteiger charge is -2.21. The summed E-state index contributed by atoms with van der Waals surface area (Å²) in [6.45, 7) is 4.55. The highest BCUT2D eigenvalue weighted by atomic mass is 31.2. The number of aliphatic hydroxyl groups excluding tert-OH is 1. The summed E-state index contributed by atoms with van der Waals surface area (Å²) < 4.78 is 68.4. The minimum absolute atomic E-state index is 0.0763. The van der Waals surface area contributed by atoms with Gasteiger partial charge in [-0.15, -0.1) is 0 Å². The largest absolute Gasteiger partial charge is 0.472 e. The van der Waals surface area contributed by atoms with Gasteiger partial charge in [-0.2, -0.15) is 0 Å². The van der Waals surface area contributed by atoms with E-state index in [2.05, 4.69) is 137 Å². The molecule has 19 heteroatoms. The molecule has 0 amide bonds. The van der Waals surface area contributed by atoms with E-state index < -0.39 is 97.5 Å². The number of phosphoric ester groups is 2. The van der Waals surface area contributed by atoms with E-state index in [-0.39, 0.29) is 25.7 Å². The van der Waals surface area contributed by atoms with Crippen LogP contribution < -0.4 is 0 Å². The zero-order valence-corrected chi connectivity index (χ0v) is 63.2. The lowest BCUT2D eigenvalue weighted by molar-refractivity contribution is -0.161. The van der Waals surface area contributed by atoms with Crippen molar-refractivity contribution in [1.82, 2.24) is 0 Å². The van der Waals surface area contributed by atoms with Gasteiger partial charge in [-0.25, -0.2) is 9.13 Å². The Morgan fingerprint density at radius 2 is 0.541 bits per heavy atom. The van der Waals surface area contributed by atoms with E-state index in [1.54, 1.807) is 0 Å². The van der Waals surface area contributed by atoms with Crippen molar-refractivity contribution in [1.29, 1.82) is 0 Å². The molecular weight excluding hydrogens is 1280 g/mol. The molecule has 0 saturated heterocycles. The van der Waals surface area contributed by atoms with Crippen LogP contribution in [0.5, 0.6) is 0 Å². The first-order chi connectivity index (χ1) is 47.7. The maximum atomic E-state index is 13.1. The molecule has 5 atom stereocenters. The zero-order valence-electron chi connectivity index (χ0n) is 61.4. The molecule has 0 spiro atoms. The van der Waals surface area contributed by atoms with Crippen LogP contribution in [0.1, 0.15) is 310 Å². The summed E-state index contributed by atoms with van der Waals surface area (Å²) in [4.78, 5) is 72.8. The maximum absolute atomic E-state index is 13.1. The van der Waals surface area contributed by atoms with Crippen molar-refractivity contribution in [2.24, 2.45) is 0 Å². The van der Waals surface area contributed by atoms with Gasteiger partial charge in [0.2, 0.25) is 0 Å². The molecule has 0 rings (SSSR count).